The molecule has 3 amide bonds. The molecule has 35 heavy (non-hydrogen) atoms. The molecule has 0 aliphatic rings. The summed E-state index contributed by atoms with van der Waals surface area (Å²) in [6.45, 7) is 1.52. The van der Waals surface area contributed by atoms with E-state index in [1.54, 1.807) is 0 Å². The number of hydrogen-bond acceptors (Lipinski definition) is 9. The van der Waals surface area contributed by atoms with Crippen molar-refractivity contribution in [3.05, 3.63) is 0 Å². The van der Waals surface area contributed by atoms with E-state index in [-0.39, 0.29) is 25.3 Å². The van der Waals surface area contributed by atoms with E-state index in [0.29, 0.717) is 24.3 Å². The Kier molecular flexibility index (Phi) is 16.9. The Balaban J connectivity index is 5.31. The monoisotopic (exact) mass is 537 g/mol. The largest absolute Gasteiger partial charge is 0.480 e. The number of carboxylic acid groups (broad SMARTS) is 1. The van der Waals surface area contributed by atoms with Crippen LogP contribution in [0, 0.1) is 0 Å². The van der Waals surface area contributed by atoms with Gasteiger partial charge >= 0.3 is 5.97 Å². The predicted molar refractivity (Wildman–Crippen MR) is 139 cm³/mol. The molecular formula is C20H39N7O6S2. The number of aliphatic carboxylic acids is 1. The number of carbonyl (C=O) groups excluding carboxylic acids is 3. The van der Waals surface area contributed by atoms with E-state index in [2.05, 4.69) is 20.9 Å². The van der Waals surface area contributed by atoms with E-state index in [1.807, 2.05) is 12.5 Å². The molecule has 0 spiro atoms. The number of hydrogen-bond donors (Lipinski definition) is 8. The van der Waals surface area contributed by atoms with Crippen molar-refractivity contribution in [3.63, 3.8) is 0 Å². The SMILES string of the molecule is CSCCC(N)C(=O)NC(C(=O)NC(CCSC)C(=O)NC(CCCN=C(N)N)C(=O)O)C(C)O. The number of aliphatic hydroxyl groups is 1. The molecule has 0 aliphatic heterocycles. The zero-order chi connectivity index (χ0) is 27.0. The summed E-state index contributed by atoms with van der Waals surface area (Å²) in [6, 6.07) is -4.51. The summed E-state index contributed by atoms with van der Waals surface area (Å²) in [6.07, 6.45) is 3.39. The van der Waals surface area contributed by atoms with Crippen molar-refractivity contribution in [1.29, 1.82) is 0 Å². The molecule has 0 heterocycles. The number of guanidine groups is 1. The van der Waals surface area contributed by atoms with Crippen LogP contribution in [0.25, 0.3) is 0 Å². The van der Waals surface area contributed by atoms with Crippen LogP contribution in [0.2, 0.25) is 0 Å². The topological polar surface area (TPSA) is 235 Å². The van der Waals surface area contributed by atoms with Crippen molar-refractivity contribution in [3.8, 4) is 0 Å². The van der Waals surface area contributed by atoms with Gasteiger partial charge in [-0.25, -0.2) is 4.79 Å². The zero-order valence-corrected chi connectivity index (χ0v) is 22.0. The van der Waals surface area contributed by atoms with Crippen LogP contribution in [0.3, 0.4) is 0 Å². The van der Waals surface area contributed by atoms with Crippen molar-refractivity contribution in [2.45, 2.75) is 62.9 Å². The molecule has 0 aromatic heterocycles. The van der Waals surface area contributed by atoms with Gasteiger partial charge in [0.2, 0.25) is 17.7 Å². The molecule has 13 nitrogen and oxygen atoms in total. The molecule has 5 atom stereocenters. The number of nitrogens with zero attached hydrogens (tertiary/aromatic N) is 1. The van der Waals surface area contributed by atoms with E-state index in [4.69, 9.17) is 17.2 Å². The average molecular weight is 538 g/mol. The maximum Gasteiger partial charge on any atom is 0.326 e. The number of carbonyl (C=O) groups is 4. The number of thioether (sulfide) groups is 2. The molecule has 0 aromatic rings. The molecular weight excluding hydrogens is 498 g/mol. The van der Waals surface area contributed by atoms with Crippen LogP contribution < -0.4 is 33.2 Å². The second kappa shape index (κ2) is 18.1. The van der Waals surface area contributed by atoms with Crippen molar-refractivity contribution < 1.29 is 29.4 Å². The first kappa shape index (κ1) is 32.8. The molecule has 0 bridgehead atoms. The average Bonchev–Trinajstić information content (AvgIpc) is 2.79. The number of nitrogens with two attached hydrogens (primary N) is 3. The first-order chi connectivity index (χ1) is 16.4. The van der Waals surface area contributed by atoms with Gasteiger partial charge in [0.05, 0.1) is 12.1 Å². The highest BCUT2D eigenvalue weighted by Gasteiger charge is 2.32. The Morgan fingerprint density at radius 1 is 0.886 bits per heavy atom. The summed E-state index contributed by atoms with van der Waals surface area (Å²) in [4.78, 5) is 53.4. The maximum atomic E-state index is 12.9. The summed E-state index contributed by atoms with van der Waals surface area (Å²) in [5.74, 6) is -2.31. The number of carboxylic acids is 1. The van der Waals surface area contributed by atoms with Gasteiger partial charge in [-0.3, -0.25) is 19.4 Å². The van der Waals surface area contributed by atoms with Crippen LogP contribution in [-0.4, -0.2) is 101 Å². The van der Waals surface area contributed by atoms with Gasteiger partial charge in [0, 0.05) is 6.54 Å². The third-order valence-electron chi connectivity index (χ3n) is 4.84. The Labute approximate surface area is 214 Å². The van der Waals surface area contributed by atoms with Crippen LogP contribution in [-0.2, 0) is 19.2 Å². The zero-order valence-electron chi connectivity index (χ0n) is 20.4. The third kappa shape index (κ3) is 14.0. The molecule has 0 radical (unpaired) electrons. The third-order valence-corrected chi connectivity index (χ3v) is 6.12. The van der Waals surface area contributed by atoms with Gasteiger partial charge in [-0.15, -0.1) is 0 Å². The second-order valence-corrected chi connectivity index (χ2v) is 9.78. The van der Waals surface area contributed by atoms with Crippen LogP contribution in [0.15, 0.2) is 4.99 Å². The minimum Gasteiger partial charge on any atom is -0.480 e. The van der Waals surface area contributed by atoms with Gasteiger partial charge < -0.3 is 43.4 Å². The van der Waals surface area contributed by atoms with Crippen LogP contribution in [0.5, 0.6) is 0 Å². The van der Waals surface area contributed by atoms with E-state index < -0.39 is 54.0 Å². The second-order valence-electron chi connectivity index (χ2n) is 7.81. The Morgan fingerprint density at radius 2 is 1.46 bits per heavy atom. The van der Waals surface area contributed by atoms with E-state index in [1.165, 1.54) is 30.4 Å². The molecule has 0 saturated carbocycles. The highest BCUT2D eigenvalue weighted by Crippen LogP contribution is 2.06. The quantitative estimate of drug-likeness (QED) is 0.0530. The Hall–Kier alpha value is -2.23. The van der Waals surface area contributed by atoms with Crippen molar-refractivity contribution >= 4 is 53.2 Å². The molecule has 11 N–H and O–H groups in total. The van der Waals surface area contributed by atoms with Crippen molar-refractivity contribution in [2.75, 3.05) is 30.6 Å². The smallest absolute Gasteiger partial charge is 0.326 e. The van der Waals surface area contributed by atoms with Crippen LogP contribution >= 0.6 is 23.5 Å². The summed E-state index contributed by atoms with van der Waals surface area (Å²) >= 11 is 2.95. The standard InChI is InChI=1S/C20H39N7O6S2/c1-11(28)15(27-16(29)12(21)6-9-34-2)18(31)25-13(7-10-35-3)17(30)26-14(19(32)33)5-4-8-24-20(22)23/h11-15,28H,4-10,21H2,1-3H3,(H,25,31)(H,26,30)(H,27,29)(H,32,33)(H4,22,23,24). The Morgan fingerprint density at radius 3 is 1.97 bits per heavy atom. The maximum absolute atomic E-state index is 12.9. The van der Waals surface area contributed by atoms with E-state index >= 15 is 0 Å². The van der Waals surface area contributed by atoms with Crippen molar-refractivity contribution in [2.24, 2.45) is 22.2 Å². The normalized spacial score (nSPS) is 15.1. The molecule has 0 aliphatic carbocycles. The van der Waals surface area contributed by atoms with Gasteiger partial charge in [-0.1, -0.05) is 0 Å². The summed E-state index contributed by atoms with van der Waals surface area (Å²) < 4.78 is 0. The molecule has 0 saturated heterocycles. The van der Waals surface area contributed by atoms with E-state index in [9.17, 15) is 29.4 Å². The predicted octanol–water partition coefficient (Wildman–Crippen LogP) is -2.21. The fourth-order valence-corrected chi connectivity index (χ4v) is 3.80. The summed E-state index contributed by atoms with van der Waals surface area (Å²) in [5, 5.41) is 26.9. The van der Waals surface area contributed by atoms with Crippen LogP contribution in [0.1, 0.15) is 32.6 Å². The first-order valence-corrected chi connectivity index (χ1v) is 13.8. The summed E-state index contributed by atoms with van der Waals surface area (Å²) in [7, 11) is 0. The molecule has 0 fully saturated rings. The molecule has 5 unspecified atom stereocenters. The van der Waals surface area contributed by atoms with Gasteiger partial charge in [-0.2, -0.15) is 23.5 Å². The first-order valence-electron chi connectivity index (χ1n) is 11.0. The fourth-order valence-electron chi connectivity index (χ4n) is 2.84. The minimum atomic E-state index is -1.35. The van der Waals surface area contributed by atoms with Gasteiger partial charge in [-0.05, 0) is 56.6 Å². The highest BCUT2D eigenvalue weighted by atomic mass is 32.2. The molecule has 0 rings (SSSR count). The molecule has 15 heteroatoms. The minimum absolute atomic E-state index is 0.0708. The number of rotatable bonds is 18. The number of aliphatic imine (C=N–C) groups is 1. The highest BCUT2D eigenvalue weighted by molar-refractivity contribution is 7.98. The lowest BCUT2D eigenvalue weighted by molar-refractivity contribution is -0.142. The lowest BCUT2D eigenvalue weighted by Gasteiger charge is -2.26. The fraction of sp³-hybridized carbons (Fsp3) is 0.750. The van der Waals surface area contributed by atoms with Gasteiger partial charge in [0.25, 0.3) is 0 Å². The molecule has 0 aromatic carbocycles. The lowest BCUT2D eigenvalue weighted by Crippen LogP contribution is -2.59. The number of amides is 3. The van der Waals surface area contributed by atoms with Crippen LogP contribution in [0.4, 0.5) is 0 Å². The number of aliphatic hydroxyl groups excluding tert-OH is 1. The lowest BCUT2D eigenvalue weighted by atomic mass is 10.1. The Bertz CT molecular complexity index is 722. The van der Waals surface area contributed by atoms with E-state index in [0.717, 1.165) is 0 Å². The molecule has 202 valence electrons. The van der Waals surface area contributed by atoms with Gasteiger partial charge in [0.15, 0.2) is 5.96 Å². The van der Waals surface area contributed by atoms with Gasteiger partial charge in [0.1, 0.15) is 18.1 Å². The number of nitrogens with one attached hydrogen (secondary N) is 3. The summed E-state index contributed by atoms with van der Waals surface area (Å²) in [5.41, 5.74) is 16.3. The van der Waals surface area contributed by atoms with Crippen molar-refractivity contribution in [1.82, 2.24) is 16.0 Å².